The number of anilines is 1. The van der Waals surface area contributed by atoms with Crippen LogP contribution < -0.4 is 10.7 Å². The number of hydrazone groups is 1. The molecule has 1 aliphatic rings. The van der Waals surface area contributed by atoms with Crippen LogP contribution in [0.25, 0.3) is 0 Å². The highest BCUT2D eigenvalue weighted by Crippen LogP contribution is 2.30. The van der Waals surface area contributed by atoms with Crippen LogP contribution in [0, 0.1) is 20.8 Å². The zero-order chi connectivity index (χ0) is 22.8. The van der Waals surface area contributed by atoms with Gasteiger partial charge in [-0.3, -0.25) is 9.59 Å². The normalized spacial score (nSPS) is 14.2. The summed E-state index contributed by atoms with van der Waals surface area (Å²) in [6.45, 7) is 5.84. The van der Waals surface area contributed by atoms with Gasteiger partial charge in [0, 0.05) is 33.3 Å². The van der Waals surface area contributed by atoms with Gasteiger partial charge in [0.2, 0.25) is 0 Å². The molecule has 0 saturated heterocycles. The van der Waals surface area contributed by atoms with E-state index in [1.54, 1.807) is 12.1 Å². The van der Waals surface area contributed by atoms with E-state index in [0.717, 1.165) is 56.7 Å². The summed E-state index contributed by atoms with van der Waals surface area (Å²) in [6, 6.07) is 13.0. The van der Waals surface area contributed by atoms with Crippen LogP contribution in [-0.2, 0) is 6.42 Å². The van der Waals surface area contributed by atoms with Crippen molar-refractivity contribution in [3.8, 4) is 0 Å². The molecule has 1 aliphatic carbocycles. The Kier molecular flexibility index (Phi) is 6.28. The minimum Gasteiger partial charge on any atom is -0.455 e. The van der Waals surface area contributed by atoms with E-state index in [0.29, 0.717) is 12.0 Å². The molecule has 2 amide bonds. The zero-order valence-corrected chi connectivity index (χ0v) is 19.8. The Balaban J connectivity index is 1.57. The van der Waals surface area contributed by atoms with Gasteiger partial charge in [0.1, 0.15) is 5.76 Å². The summed E-state index contributed by atoms with van der Waals surface area (Å²) in [5.41, 5.74) is 8.32. The third kappa shape index (κ3) is 4.67. The van der Waals surface area contributed by atoms with Crippen LogP contribution in [0.5, 0.6) is 0 Å². The van der Waals surface area contributed by atoms with Crippen molar-refractivity contribution in [2.45, 2.75) is 40.0 Å². The van der Waals surface area contributed by atoms with Gasteiger partial charge >= 0.3 is 0 Å². The van der Waals surface area contributed by atoms with Crippen LogP contribution in [0.4, 0.5) is 5.69 Å². The summed E-state index contributed by atoms with van der Waals surface area (Å²) in [7, 11) is 0. The van der Waals surface area contributed by atoms with Crippen molar-refractivity contribution in [2.24, 2.45) is 5.10 Å². The summed E-state index contributed by atoms with van der Waals surface area (Å²) in [5, 5.41) is 7.31. The molecule has 164 valence electrons. The second kappa shape index (κ2) is 9.12. The summed E-state index contributed by atoms with van der Waals surface area (Å²) in [5.74, 6) is 0.435. The number of amides is 2. The molecule has 7 heteroatoms. The number of hydrogen-bond donors (Lipinski definition) is 2. The van der Waals surface area contributed by atoms with Gasteiger partial charge < -0.3 is 9.73 Å². The molecule has 6 nitrogen and oxygen atoms in total. The molecule has 32 heavy (non-hydrogen) atoms. The van der Waals surface area contributed by atoms with E-state index < -0.39 is 0 Å². The lowest BCUT2D eigenvalue weighted by Crippen LogP contribution is -2.22. The fourth-order valence-electron chi connectivity index (χ4n) is 4.02. The fraction of sp³-hybridized carbons (Fsp3) is 0.240. The number of fused-ring (bicyclic) bond motifs is 1. The Morgan fingerprint density at radius 2 is 1.66 bits per heavy atom. The molecule has 3 aromatic rings. The molecular formula is C25H24BrN3O3. The SMILES string of the molecule is Cc1cc(C)cc(NC(=O)c2oc3c(c2C)/C(=N/NC(=O)c2ccc(Br)cc2)CCC3)c1. The number of halogens is 1. The van der Waals surface area contributed by atoms with Crippen molar-refractivity contribution >= 4 is 39.1 Å². The van der Waals surface area contributed by atoms with E-state index in [1.807, 2.05) is 45.0 Å². The first kappa shape index (κ1) is 22.0. The Morgan fingerprint density at radius 1 is 0.969 bits per heavy atom. The molecule has 1 aromatic heterocycles. The molecule has 0 saturated carbocycles. The largest absolute Gasteiger partial charge is 0.455 e. The van der Waals surface area contributed by atoms with Gasteiger partial charge in [0.25, 0.3) is 11.8 Å². The number of nitrogens with zero attached hydrogens (tertiary/aromatic N) is 1. The molecule has 0 fully saturated rings. The first-order chi connectivity index (χ1) is 15.3. The Bertz CT molecular complexity index is 1210. The van der Waals surface area contributed by atoms with E-state index in [-0.39, 0.29) is 17.6 Å². The first-order valence-corrected chi connectivity index (χ1v) is 11.3. The monoisotopic (exact) mass is 493 g/mol. The number of hydrogen-bond acceptors (Lipinski definition) is 4. The number of aryl methyl sites for hydroxylation is 3. The molecule has 0 bridgehead atoms. The lowest BCUT2D eigenvalue weighted by atomic mass is 9.93. The number of benzene rings is 2. The van der Waals surface area contributed by atoms with Crippen LogP contribution in [0.15, 0.2) is 56.5 Å². The molecule has 0 spiro atoms. The Labute approximate surface area is 195 Å². The minimum atomic E-state index is -0.292. The van der Waals surface area contributed by atoms with Crippen molar-refractivity contribution in [2.75, 3.05) is 5.32 Å². The molecule has 2 aromatic carbocycles. The maximum absolute atomic E-state index is 12.9. The number of nitrogens with one attached hydrogen (secondary N) is 2. The number of carbonyl (C=O) groups is 2. The summed E-state index contributed by atoms with van der Waals surface area (Å²) in [6.07, 6.45) is 2.27. The summed E-state index contributed by atoms with van der Waals surface area (Å²) in [4.78, 5) is 25.4. The third-order valence-electron chi connectivity index (χ3n) is 5.41. The highest BCUT2D eigenvalue weighted by molar-refractivity contribution is 9.10. The highest BCUT2D eigenvalue weighted by atomic mass is 79.9. The van der Waals surface area contributed by atoms with Gasteiger partial charge in [-0.1, -0.05) is 22.0 Å². The van der Waals surface area contributed by atoms with E-state index in [4.69, 9.17) is 4.42 Å². The minimum absolute atomic E-state index is 0.281. The average Bonchev–Trinajstić information content (AvgIpc) is 3.09. The molecule has 0 aliphatic heterocycles. The first-order valence-electron chi connectivity index (χ1n) is 10.5. The van der Waals surface area contributed by atoms with Crippen LogP contribution in [0.2, 0.25) is 0 Å². The maximum Gasteiger partial charge on any atom is 0.291 e. The number of furan rings is 1. The molecule has 0 radical (unpaired) electrons. The Morgan fingerprint density at radius 3 is 2.34 bits per heavy atom. The van der Waals surface area contributed by atoms with Crippen LogP contribution in [-0.4, -0.2) is 17.5 Å². The van der Waals surface area contributed by atoms with Crippen molar-refractivity contribution in [1.29, 1.82) is 0 Å². The lowest BCUT2D eigenvalue weighted by Gasteiger charge is -2.13. The predicted octanol–water partition coefficient (Wildman–Crippen LogP) is 5.69. The molecule has 0 atom stereocenters. The van der Waals surface area contributed by atoms with Crippen molar-refractivity contribution in [3.63, 3.8) is 0 Å². The van der Waals surface area contributed by atoms with E-state index in [2.05, 4.69) is 37.8 Å². The van der Waals surface area contributed by atoms with Gasteiger partial charge in [0.05, 0.1) is 5.71 Å². The quantitative estimate of drug-likeness (QED) is 0.457. The van der Waals surface area contributed by atoms with Gasteiger partial charge in [-0.2, -0.15) is 5.10 Å². The second-order valence-electron chi connectivity index (χ2n) is 8.04. The van der Waals surface area contributed by atoms with Crippen molar-refractivity contribution in [3.05, 3.63) is 86.3 Å². The standard InChI is InChI=1S/C25H24BrN3O3/c1-14-11-15(2)13-19(12-14)27-25(31)23-16(3)22-20(5-4-6-21(22)32-23)28-29-24(30)17-7-9-18(26)10-8-17/h7-13H,4-6H2,1-3H3,(H,27,31)(H,29,30)/b28-20+. The van der Waals surface area contributed by atoms with Gasteiger partial charge in [-0.05, 0) is 81.1 Å². The molecule has 4 rings (SSSR count). The number of rotatable bonds is 4. The number of carbonyl (C=O) groups excluding carboxylic acids is 2. The molecule has 1 heterocycles. The fourth-order valence-corrected chi connectivity index (χ4v) is 4.28. The zero-order valence-electron chi connectivity index (χ0n) is 18.2. The highest BCUT2D eigenvalue weighted by Gasteiger charge is 2.28. The van der Waals surface area contributed by atoms with E-state index in [9.17, 15) is 9.59 Å². The third-order valence-corrected chi connectivity index (χ3v) is 5.94. The van der Waals surface area contributed by atoms with Gasteiger partial charge in [-0.15, -0.1) is 0 Å². The maximum atomic E-state index is 12.9. The predicted molar refractivity (Wildman–Crippen MR) is 128 cm³/mol. The van der Waals surface area contributed by atoms with E-state index >= 15 is 0 Å². The van der Waals surface area contributed by atoms with Crippen LogP contribution in [0.1, 0.15) is 61.8 Å². The van der Waals surface area contributed by atoms with Gasteiger partial charge in [0.15, 0.2) is 5.76 Å². The smallest absolute Gasteiger partial charge is 0.291 e. The van der Waals surface area contributed by atoms with Crippen LogP contribution in [0.3, 0.4) is 0 Å². The molecule has 0 unspecified atom stereocenters. The van der Waals surface area contributed by atoms with E-state index in [1.165, 1.54) is 0 Å². The topological polar surface area (TPSA) is 83.7 Å². The van der Waals surface area contributed by atoms with Crippen molar-refractivity contribution < 1.29 is 14.0 Å². The summed E-state index contributed by atoms with van der Waals surface area (Å²) < 4.78 is 6.86. The molecule has 2 N–H and O–H groups in total. The van der Waals surface area contributed by atoms with Crippen molar-refractivity contribution in [1.82, 2.24) is 5.43 Å². The average molecular weight is 494 g/mol. The second-order valence-corrected chi connectivity index (χ2v) is 8.96. The summed E-state index contributed by atoms with van der Waals surface area (Å²) >= 11 is 3.36. The Hall–Kier alpha value is -3.19. The van der Waals surface area contributed by atoms with Crippen LogP contribution >= 0.6 is 15.9 Å². The molecular weight excluding hydrogens is 470 g/mol. The van der Waals surface area contributed by atoms with Gasteiger partial charge in [-0.25, -0.2) is 5.43 Å². The lowest BCUT2D eigenvalue weighted by molar-refractivity contribution is 0.0953.